The van der Waals surface area contributed by atoms with Crippen molar-refractivity contribution in [3.05, 3.63) is 71.8 Å². The number of nitrogens with zero attached hydrogens (tertiary/aromatic N) is 2. The van der Waals surface area contributed by atoms with E-state index in [1.165, 1.54) is 0 Å². The Hall–Kier alpha value is -4.28. The number of likely N-dealkylation sites (tertiary alicyclic amines) is 1. The molecule has 10 heteroatoms. The van der Waals surface area contributed by atoms with E-state index in [4.69, 9.17) is 14.2 Å². The van der Waals surface area contributed by atoms with Gasteiger partial charge in [-0.1, -0.05) is 13.8 Å². The predicted molar refractivity (Wildman–Crippen MR) is 184 cm³/mol. The van der Waals surface area contributed by atoms with E-state index in [1.54, 1.807) is 43.5 Å². The van der Waals surface area contributed by atoms with Crippen LogP contribution >= 0.6 is 0 Å². The van der Waals surface area contributed by atoms with Crippen LogP contribution in [0, 0.1) is 6.92 Å². The fourth-order valence-electron chi connectivity index (χ4n) is 5.31. The van der Waals surface area contributed by atoms with Gasteiger partial charge in [-0.3, -0.25) is 4.79 Å². The van der Waals surface area contributed by atoms with E-state index >= 15 is 0 Å². The zero-order chi connectivity index (χ0) is 33.1. The van der Waals surface area contributed by atoms with Gasteiger partial charge in [-0.25, -0.2) is 4.79 Å². The van der Waals surface area contributed by atoms with E-state index in [9.17, 15) is 9.59 Å². The summed E-state index contributed by atoms with van der Waals surface area (Å²) in [5, 5.41) is 8.78. The Morgan fingerprint density at radius 1 is 0.891 bits per heavy atom. The van der Waals surface area contributed by atoms with Gasteiger partial charge in [0.05, 0.1) is 7.11 Å². The summed E-state index contributed by atoms with van der Waals surface area (Å²) < 4.78 is 17.9. The summed E-state index contributed by atoms with van der Waals surface area (Å²) in [6, 6.07) is 17.9. The van der Waals surface area contributed by atoms with Gasteiger partial charge in [-0.15, -0.1) is 0 Å². The number of piperidine rings is 1. The average molecular weight is 632 g/mol. The third-order valence-corrected chi connectivity index (χ3v) is 8.21. The molecule has 0 aliphatic carbocycles. The smallest absolute Gasteiger partial charge is 0.319 e. The SMILES string of the molecule is CCC(CC)NC(=O)Nc1ccc(Oc2ccc(NC(=O)c3ccc(OC4CCN(CCN(C)C)CC4)cc3)cc2C)c(OC)c1. The number of aryl methyl sites for hydroxylation is 1. The topological polar surface area (TPSA) is 104 Å². The number of likely N-dealkylation sites (N-methyl/N-ethyl adjacent to an activating group) is 1. The van der Waals surface area contributed by atoms with Crippen LogP contribution in [0.5, 0.6) is 23.0 Å². The maximum absolute atomic E-state index is 13.0. The first-order chi connectivity index (χ1) is 22.2. The Kier molecular flexibility index (Phi) is 12.7. The lowest BCUT2D eigenvalue weighted by atomic mass is 10.1. The van der Waals surface area contributed by atoms with E-state index in [1.807, 2.05) is 45.0 Å². The second kappa shape index (κ2) is 16.9. The van der Waals surface area contributed by atoms with Crippen molar-refractivity contribution >= 4 is 23.3 Å². The molecule has 0 spiro atoms. The predicted octanol–water partition coefficient (Wildman–Crippen LogP) is 6.76. The summed E-state index contributed by atoms with van der Waals surface area (Å²) in [6.07, 6.45) is 3.92. The summed E-state index contributed by atoms with van der Waals surface area (Å²) in [5.41, 5.74) is 2.64. The molecule has 1 saturated heterocycles. The Bertz CT molecular complexity index is 1430. The van der Waals surface area contributed by atoms with Crippen LogP contribution in [0.1, 0.15) is 55.5 Å². The molecule has 0 unspecified atom stereocenters. The number of hydrogen-bond acceptors (Lipinski definition) is 7. The monoisotopic (exact) mass is 631 g/mol. The molecular formula is C36H49N5O5. The number of benzene rings is 3. The molecule has 1 heterocycles. The standard InChI is InChI=1S/C36H49N5O5/c1-7-27(8-2)38-36(43)39-29-12-16-33(34(24-29)44-6)46-32-15-11-28(23-25(32)3)37-35(42)26-9-13-30(14-10-26)45-31-17-19-41(20-18-31)22-21-40(4)5/h9-16,23-24,27,31H,7-8,17-22H2,1-6H3,(H,37,42)(H2,38,39,43). The van der Waals surface area contributed by atoms with Crippen molar-refractivity contribution in [3.63, 3.8) is 0 Å². The fourth-order valence-corrected chi connectivity index (χ4v) is 5.31. The molecule has 3 amide bonds. The van der Waals surface area contributed by atoms with Crippen molar-refractivity contribution in [2.24, 2.45) is 0 Å². The summed E-state index contributed by atoms with van der Waals surface area (Å²) in [4.78, 5) is 30.0. The van der Waals surface area contributed by atoms with Gasteiger partial charge in [-0.05, 0) is 107 Å². The molecule has 3 aromatic rings. The van der Waals surface area contributed by atoms with E-state index in [-0.39, 0.29) is 24.1 Å². The molecule has 0 bridgehead atoms. The molecule has 0 aromatic heterocycles. The minimum Gasteiger partial charge on any atom is -0.493 e. The third kappa shape index (κ3) is 10.1. The summed E-state index contributed by atoms with van der Waals surface area (Å²) in [7, 11) is 5.76. The number of rotatable bonds is 14. The van der Waals surface area contributed by atoms with Crippen molar-refractivity contribution in [1.82, 2.24) is 15.1 Å². The molecule has 248 valence electrons. The zero-order valence-electron chi connectivity index (χ0n) is 28.0. The van der Waals surface area contributed by atoms with Crippen molar-refractivity contribution in [2.75, 3.05) is 58.0 Å². The van der Waals surface area contributed by atoms with Crippen LogP contribution in [0.25, 0.3) is 0 Å². The molecule has 46 heavy (non-hydrogen) atoms. The highest BCUT2D eigenvalue weighted by molar-refractivity contribution is 6.04. The van der Waals surface area contributed by atoms with Gasteiger partial charge in [0, 0.05) is 55.2 Å². The molecule has 1 fully saturated rings. The van der Waals surface area contributed by atoms with Crippen LogP contribution in [0.15, 0.2) is 60.7 Å². The second-order valence-corrected chi connectivity index (χ2v) is 12.0. The van der Waals surface area contributed by atoms with Gasteiger partial charge in [0.15, 0.2) is 11.5 Å². The molecule has 3 N–H and O–H groups in total. The van der Waals surface area contributed by atoms with Crippen molar-refractivity contribution in [2.45, 2.75) is 58.6 Å². The van der Waals surface area contributed by atoms with Crippen LogP contribution in [0.2, 0.25) is 0 Å². The number of carbonyl (C=O) groups excluding carboxylic acids is 2. The van der Waals surface area contributed by atoms with Crippen LogP contribution in [0.4, 0.5) is 16.2 Å². The van der Waals surface area contributed by atoms with Crippen molar-refractivity contribution in [1.29, 1.82) is 0 Å². The maximum atomic E-state index is 13.0. The second-order valence-electron chi connectivity index (χ2n) is 12.0. The summed E-state index contributed by atoms with van der Waals surface area (Å²) in [5.74, 6) is 2.19. The number of amides is 3. The van der Waals surface area contributed by atoms with Gasteiger partial charge >= 0.3 is 6.03 Å². The first kappa shape index (κ1) is 34.6. The van der Waals surface area contributed by atoms with Gasteiger partial charge in [0.1, 0.15) is 17.6 Å². The first-order valence-electron chi connectivity index (χ1n) is 16.2. The highest BCUT2D eigenvalue weighted by Gasteiger charge is 2.21. The van der Waals surface area contributed by atoms with Gasteiger partial charge < -0.3 is 40.0 Å². The minimum absolute atomic E-state index is 0.122. The van der Waals surface area contributed by atoms with Crippen LogP contribution in [-0.2, 0) is 0 Å². The largest absolute Gasteiger partial charge is 0.493 e. The Morgan fingerprint density at radius 3 is 2.15 bits per heavy atom. The van der Waals surface area contributed by atoms with Crippen LogP contribution in [0.3, 0.4) is 0 Å². The summed E-state index contributed by atoms with van der Waals surface area (Å²) in [6.45, 7) is 10.2. The molecule has 4 rings (SSSR count). The van der Waals surface area contributed by atoms with E-state index in [0.717, 1.165) is 63.2 Å². The Labute approximate surface area is 273 Å². The number of hydrogen-bond donors (Lipinski definition) is 3. The first-order valence-corrected chi connectivity index (χ1v) is 16.2. The number of anilines is 2. The number of urea groups is 1. The van der Waals surface area contributed by atoms with Crippen LogP contribution < -0.4 is 30.2 Å². The van der Waals surface area contributed by atoms with E-state index in [0.29, 0.717) is 34.2 Å². The Morgan fingerprint density at radius 2 is 1.54 bits per heavy atom. The van der Waals surface area contributed by atoms with Crippen LogP contribution in [-0.4, -0.2) is 81.3 Å². The Balaban J connectivity index is 1.29. The lowest BCUT2D eigenvalue weighted by molar-refractivity contribution is 0.0965. The van der Waals surface area contributed by atoms with E-state index < -0.39 is 0 Å². The van der Waals surface area contributed by atoms with Gasteiger partial charge in [0.25, 0.3) is 5.91 Å². The quantitative estimate of drug-likeness (QED) is 0.181. The minimum atomic E-state index is -0.260. The summed E-state index contributed by atoms with van der Waals surface area (Å²) >= 11 is 0. The zero-order valence-corrected chi connectivity index (χ0v) is 28.0. The van der Waals surface area contributed by atoms with Crippen molar-refractivity contribution < 1.29 is 23.8 Å². The molecule has 1 aliphatic heterocycles. The molecule has 1 aliphatic rings. The number of methoxy groups -OCH3 is 1. The van der Waals surface area contributed by atoms with E-state index in [2.05, 4.69) is 39.8 Å². The number of ether oxygens (including phenoxy) is 3. The normalized spacial score (nSPS) is 13.8. The average Bonchev–Trinajstić information content (AvgIpc) is 3.05. The highest BCUT2D eigenvalue weighted by Crippen LogP contribution is 2.36. The third-order valence-electron chi connectivity index (χ3n) is 8.21. The molecule has 0 radical (unpaired) electrons. The van der Waals surface area contributed by atoms with Gasteiger partial charge in [0.2, 0.25) is 0 Å². The highest BCUT2D eigenvalue weighted by atomic mass is 16.5. The van der Waals surface area contributed by atoms with Crippen molar-refractivity contribution in [3.8, 4) is 23.0 Å². The lowest BCUT2D eigenvalue weighted by Crippen LogP contribution is -2.41. The number of nitrogens with one attached hydrogen (secondary N) is 3. The molecule has 0 saturated carbocycles. The maximum Gasteiger partial charge on any atom is 0.319 e. The molecule has 0 atom stereocenters. The molecule has 10 nitrogen and oxygen atoms in total. The lowest BCUT2D eigenvalue weighted by Gasteiger charge is -2.32. The molecular weight excluding hydrogens is 582 g/mol. The molecule has 3 aromatic carbocycles. The fraction of sp³-hybridized carbons (Fsp3) is 0.444. The number of carbonyl (C=O) groups is 2. The van der Waals surface area contributed by atoms with Gasteiger partial charge in [-0.2, -0.15) is 0 Å².